The molecular formula is C28H26F4N8O3. The van der Waals surface area contributed by atoms with Crippen molar-refractivity contribution < 1.29 is 27.2 Å². The minimum atomic E-state index is -4.90. The first-order valence-corrected chi connectivity index (χ1v) is 13.3. The van der Waals surface area contributed by atoms with Crippen LogP contribution in [0.15, 0.2) is 59.8 Å². The lowest BCUT2D eigenvalue weighted by atomic mass is 10.0. The Kier molecular flexibility index (Phi) is 8.06. The maximum absolute atomic E-state index is 14.6. The van der Waals surface area contributed by atoms with Crippen molar-refractivity contribution in [2.45, 2.75) is 44.9 Å². The van der Waals surface area contributed by atoms with Crippen molar-refractivity contribution in [3.8, 4) is 16.9 Å². The highest BCUT2D eigenvalue weighted by Crippen LogP contribution is 2.34. The van der Waals surface area contributed by atoms with Gasteiger partial charge in [-0.1, -0.05) is 17.3 Å². The van der Waals surface area contributed by atoms with E-state index in [1.54, 1.807) is 28.0 Å². The fraction of sp³-hybridized carbons (Fsp3) is 0.321. The average molecular weight is 599 g/mol. The molecule has 2 amide bonds. The molecule has 0 saturated carbocycles. The number of nitrogens with zero attached hydrogens (tertiary/aromatic N) is 7. The molecule has 1 aliphatic rings. The number of hydrogen-bond acceptors (Lipinski definition) is 7. The molecule has 3 aromatic heterocycles. The minimum Gasteiger partial charge on any atom is -0.344 e. The van der Waals surface area contributed by atoms with E-state index in [4.69, 9.17) is 0 Å². The van der Waals surface area contributed by atoms with Gasteiger partial charge < -0.3 is 10.2 Å². The molecule has 1 atom stereocenters. The summed E-state index contributed by atoms with van der Waals surface area (Å²) in [4.78, 5) is 43.4. The predicted molar refractivity (Wildman–Crippen MR) is 144 cm³/mol. The number of nitrogens with one attached hydrogen (secondary N) is 1. The van der Waals surface area contributed by atoms with Gasteiger partial charge in [0.05, 0.1) is 41.4 Å². The largest absolute Gasteiger partial charge is 0.419 e. The van der Waals surface area contributed by atoms with E-state index in [9.17, 15) is 31.9 Å². The van der Waals surface area contributed by atoms with Gasteiger partial charge in [0, 0.05) is 43.4 Å². The maximum atomic E-state index is 14.6. The van der Waals surface area contributed by atoms with E-state index in [0.717, 1.165) is 28.9 Å². The predicted octanol–water partition coefficient (Wildman–Crippen LogP) is 3.72. The summed E-state index contributed by atoms with van der Waals surface area (Å²) in [7, 11) is 0. The third kappa shape index (κ3) is 6.15. The zero-order valence-electron chi connectivity index (χ0n) is 23.0. The van der Waals surface area contributed by atoms with Crippen molar-refractivity contribution in [3.05, 3.63) is 88.0 Å². The Labute approximate surface area is 242 Å². The zero-order valence-corrected chi connectivity index (χ0v) is 23.0. The topological polar surface area (TPSA) is 128 Å². The SMILES string of the molecule is CC(=O)N1CCC(n2nncc2-c2cncc(-n3nc(C(=O)N[C@H](C)c4cccc(C(F)(F)F)c4F)ccc3=O)c2)CC1. The monoisotopic (exact) mass is 598 g/mol. The Hall–Kier alpha value is -4.95. The zero-order chi connectivity index (χ0) is 30.9. The van der Waals surface area contributed by atoms with Crippen LogP contribution in [0.2, 0.25) is 0 Å². The van der Waals surface area contributed by atoms with E-state index in [1.807, 2.05) is 0 Å². The van der Waals surface area contributed by atoms with E-state index >= 15 is 0 Å². The Morgan fingerprint density at radius 3 is 2.51 bits per heavy atom. The molecule has 43 heavy (non-hydrogen) atoms. The number of carbonyl (C=O) groups excluding carboxylic acids is 2. The van der Waals surface area contributed by atoms with Crippen LogP contribution in [0.4, 0.5) is 17.6 Å². The normalized spacial score (nSPS) is 14.9. The number of benzene rings is 1. The summed E-state index contributed by atoms with van der Waals surface area (Å²) in [6.45, 7) is 4.04. The highest BCUT2D eigenvalue weighted by Gasteiger charge is 2.35. The van der Waals surface area contributed by atoms with Gasteiger partial charge in [0.2, 0.25) is 5.91 Å². The lowest BCUT2D eigenvalue weighted by Crippen LogP contribution is -2.38. The number of aromatic nitrogens is 6. The van der Waals surface area contributed by atoms with Gasteiger partial charge in [-0.15, -0.1) is 5.10 Å². The van der Waals surface area contributed by atoms with Gasteiger partial charge in [-0.2, -0.15) is 23.0 Å². The summed E-state index contributed by atoms with van der Waals surface area (Å²) < 4.78 is 56.7. The molecule has 1 fully saturated rings. The number of halogens is 4. The van der Waals surface area contributed by atoms with Gasteiger partial charge in [0.1, 0.15) is 11.5 Å². The molecule has 1 aliphatic heterocycles. The standard InChI is InChI=1S/C28H26F4N8O3/c1-16(21-4-3-5-22(26(21)29)28(30,31)32)35-27(43)23-6-7-25(42)40(36-23)20-12-18(13-33-14-20)24-15-34-37-39(24)19-8-10-38(11-9-19)17(2)41/h3-7,12-16,19H,8-11H2,1-2H3,(H,35,43)/t16-/m1/s1. The minimum absolute atomic E-state index is 0.00622. The van der Waals surface area contributed by atoms with Crippen LogP contribution >= 0.6 is 0 Å². The van der Waals surface area contributed by atoms with Crippen molar-refractivity contribution in [2.24, 2.45) is 0 Å². The first kappa shape index (κ1) is 29.5. The summed E-state index contributed by atoms with van der Waals surface area (Å²) in [6.07, 6.45) is 0.973. The van der Waals surface area contributed by atoms with Gasteiger partial charge in [-0.25, -0.2) is 9.07 Å². The number of amides is 2. The first-order valence-electron chi connectivity index (χ1n) is 13.3. The molecular weight excluding hydrogens is 572 g/mol. The molecule has 1 N–H and O–H groups in total. The van der Waals surface area contributed by atoms with E-state index in [1.165, 1.54) is 20.0 Å². The van der Waals surface area contributed by atoms with Crippen molar-refractivity contribution in [1.82, 2.24) is 40.0 Å². The smallest absolute Gasteiger partial charge is 0.344 e. The van der Waals surface area contributed by atoms with Crippen LogP contribution in [0.5, 0.6) is 0 Å². The van der Waals surface area contributed by atoms with Crippen LogP contribution in [0.3, 0.4) is 0 Å². The van der Waals surface area contributed by atoms with Crippen molar-refractivity contribution in [3.63, 3.8) is 0 Å². The number of rotatable bonds is 6. The molecule has 0 aliphatic carbocycles. The van der Waals surface area contributed by atoms with Crippen molar-refractivity contribution in [2.75, 3.05) is 13.1 Å². The number of carbonyl (C=O) groups is 2. The lowest BCUT2D eigenvalue weighted by molar-refractivity contribution is -0.140. The van der Waals surface area contributed by atoms with E-state index in [0.29, 0.717) is 43.3 Å². The Morgan fingerprint density at radius 2 is 1.81 bits per heavy atom. The maximum Gasteiger partial charge on any atom is 0.419 e. The lowest BCUT2D eigenvalue weighted by Gasteiger charge is -2.31. The second-order valence-electron chi connectivity index (χ2n) is 10.1. The number of pyridine rings is 1. The summed E-state index contributed by atoms with van der Waals surface area (Å²) in [5.74, 6) is -2.30. The number of alkyl halides is 3. The van der Waals surface area contributed by atoms with E-state index < -0.39 is 35.1 Å². The molecule has 5 rings (SSSR count). The second-order valence-corrected chi connectivity index (χ2v) is 10.1. The molecule has 0 bridgehead atoms. The number of hydrogen-bond donors (Lipinski definition) is 1. The van der Waals surface area contributed by atoms with Gasteiger partial charge in [0.25, 0.3) is 11.5 Å². The van der Waals surface area contributed by atoms with Crippen LogP contribution in [0.1, 0.15) is 60.4 Å². The molecule has 0 radical (unpaired) electrons. The van der Waals surface area contributed by atoms with Crippen LogP contribution in [-0.2, 0) is 11.0 Å². The fourth-order valence-electron chi connectivity index (χ4n) is 5.00. The quantitative estimate of drug-likeness (QED) is 0.335. The molecule has 1 saturated heterocycles. The highest BCUT2D eigenvalue weighted by atomic mass is 19.4. The summed E-state index contributed by atoms with van der Waals surface area (Å²) >= 11 is 0. The second kappa shape index (κ2) is 11.7. The summed E-state index contributed by atoms with van der Waals surface area (Å²) in [5, 5.41) is 14.8. The Balaban J connectivity index is 1.38. The van der Waals surface area contributed by atoms with Gasteiger partial charge in [-0.05, 0) is 38.0 Å². The van der Waals surface area contributed by atoms with Gasteiger partial charge in [0.15, 0.2) is 0 Å². The Bertz CT molecular complexity index is 1730. The van der Waals surface area contributed by atoms with Crippen molar-refractivity contribution >= 4 is 11.8 Å². The van der Waals surface area contributed by atoms with Crippen LogP contribution in [-0.4, -0.2) is 59.6 Å². The molecule has 4 heterocycles. The van der Waals surface area contributed by atoms with Gasteiger partial charge in [-0.3, -0.25) is 19.4 Å². The van der Waals surface area contributed by atoms with Crippen LogP contribution in [0.25, 0.3) is 16.9 Å². The molecule has 15 heteroatoms. The first-order chi connectivity index (χ1) is 20.4. The van der Waals surface area contributed by atoms with Crippen LogP contribution < -0.4 is 10.9 Å². The number of likely N-dealkylation sites (tertiary alicyclic amines) is 1. The molecule has 11 nitrogen and oxygen atoms in total. The van der Waals surface area contributed by atoms with E-state index in [2.05, 4.69) is 25.7 Å². The summed E-state index contributed by atoms with van der Waals surface area (Å²) in [5.41, 5.74) is -1.16. The molecule has 1 aromatic carbocycles. The fourth-order valence-corrected chi connectivity index (χ4v) is 5.00. The number of piperidine rings is 1. The highest BCUT2D eigenvalue weighted by molar-refractivity contribution is 5.92. The summed E-state index contributed by atoms with van der Waals surface area (Å²) in [6, 6.07) is 5.57. The van der Waals surface area contributed by atoms with Crippen LogP contribution in [0, 0.1) is 5.82 Å². The molecule has 4 aromatic rings. The molecule has 224 valence electrons. The third-order valence-electron chi connectivity index (χ3n) is 7.28. The van der Waals surface area contributed by atoms with Crippen molar-refractivity contribution in [1.29, 1.82) is 0 Å². The molecule has 0 spiro atoms. The van der Waals surface area contributed by atoms with Gasteiger partial charge >= 0.3 is 6.18 Å². The third-order valence-corrected chi connectivity index (χ3v) is 7.28. The Morgan fingerprint density at radius 1 is 1.07 bits per heavy atom. The molecule has 0 unspecified atom stereocenters. The average Bonchev–Trinajstić information content (AvgIpc) is 3.47. The van der Waals surface area contributed by atoms with E-state index in [-0.39, 0.29) is 28.9 Å².